The number of pyridine rings is 3. The predicted octanol–water partition coefficient (Wildman–Crippen LogP) is 6.70. The zero-order chi connectivity index (χ0) is 27.7. The maximum Gasteiger partial charge on any atom is 0.216 e. The zero-order valence-electron chi connectivity index (χ0n) is 24.0. The minimum absolute atomic E-state index is 0. The molecule has 0 bridgehead atoms. The monoisotopic (exact) mass is 613 g/mol. The van der Waals surface area contributed by atoms with Crippen LogP contribution in [-0.2, 0) is 20.1 Å². The number of nitrogens with zero attached hydrogens (tertiary/aromatic N) is 3. The third-order valence-corrected chi connectivity index (χ3v) is 4.65. The molecule has 4 aromatic heterocycles. The SMILES string of the molecule is [2H]c1nc(-c2[c-]ccc3c2oc2nc(C([2H])([2H])[2H])ccc23)c([2H])c([2H])c1[2H].[Ir].[c-]1ccccc1-c1ccccn1. The van der Waals surface area contributed by atoms with E-state index in [4.69, 9.17) is 14.0 Å². The van der Waals surface area contributed by atoms with Gasteiger partial charge in [0.15, 0.2) is 0 Å². The molecule has 1 radical (unpaired) electrons. The summed E-state index contributed by atoms with van der Waals surface area (Å²) in [6, 6.07) is 24.9. The van der Waals surface area contributed by atoms with Gasteiger partial charge in [0, 0.05) is 47.7 Å². The van der Waals surface area contributed by atoms with Crippen molar-refractivity contribution >= 4 is 22.1 Å². The van der Waals surface area contributed by atoms with Crippen LogP contribution in [0.1, 0.15) is 15.3 Å². The summed E-state index contributed by atoms with van der Waals surface area (Å²) in [6.45, 7) is -2.37. The van der Waals surface area contributed by atoms with Gasteiger partial charge in [0.1, 0.15) is 0 Å². The molecule has 33 heavy (non-hydrogen) atoms. The van der Waals surface area contributed by atoms with E-state index in [1.807, 2.05) is 42.5 Å². The van der Waals surface area contributed by atoms with Gasteiger partial charge < -0.3 is 14.4 Å². The first-order chi connectivity index (χ1) is 18.6. The van der Waals surface area contributed by atoms with Gasteiger partial charge >= 0.3 is 0 Å². The van der Waals surface area contributed by atoms with E-state index in [0.717, 1.165) is 11.3 Å². The van der Waals surface area contributed by atoms with Crippen molar-refractivity contribution in [3.63, 3.8) is 0 Å². The number of benzene rings is 2. The Labute approximate surface area is 215 Å². The molecule has 5 heteroatoms. The second-order valence-electron chi connectivity index (χ2n) is 6.69. The van der Waals surface area contributed by atoms with E-state index in [0.29, 0.717) is 10.8 Å². The molecule has 0 N–H and O–H groups in total. The largest absolute Gasteiger partial charge is 0.486 e. The van der Waals surface area contributed by atoms with Gasteiger partial charge in [-0.3, -0.25) is 0 Å². The van der Waals surface area contributed by atoms with Gasteiger partial charge in [0.2, 0.25) is 5.71 Å². The smallest absolute Gasteiger partial charge is 0.216 e. The average Bonchev–Trinajstić information content (AvgIpc) is 3.33. The number of rotatable bonds is 2. The molecule has 0 saturated carbocycles. The quantitative estimate of drug-likeness (QED) is 0.204. The first-order valence-electron chi connectivity index (χ1n) is 13.2. The van der Waals surface area contributed by atoms with Crippen molar-refractivity contribution in [1.29, 1.82) is 0 Å². The number of aromatic nitrogens is 3. The Morgan fingerprint density at radius 1 is 0.879 bits per heavy atom. The molecule has 6 rings (SSSR count). The molecule has 4 heterocycles. The first kappa shape index (κ1) is 15.2. The van der Waals surface area contributed by atoms with E-state index >= 15 is 0 Å². The molecule has 0 fully saturated rings. The molecular formula is C28H19IrN3O-2. The van der Waals surface area contributed by atoms with E-state index < -0.39 is 25.1 Å². The number of furan rings is 1. The molecule has 0 aliphatic rings. The van der Waals surface area contributed by atoms with Gasteiger partial charge in [-0.25, -0.2) is 4.98 Å². The molecule has 0 aliphatic heterocycles. The summed E-state index contributed by atoms with van der Waals surface area (Å²) in [6.07, 6.45) is 1.37. The van der Waals surface area contributed by atoms with Crippen LogP contribution in [-0.4, -0.2) is 15.0 Å². The number of fused-ring (bicyclic) bond motifs is 3. The van der Waals surface area contributed by atoms with Gasteiger partial charge in [-0.05, 0) is 42.5 Å². The molecule has 0 saturated heterocycles. The van der Waals surface area contributed by atoms with Gasteiger partial charge in [-0.15, -0.1) is 54.1 Å². The molecule has 4 nitrogen and oxygen atoms in total. The molecule has 0 amide bonds. The van der Waals surface area contributed by atoms with Crippen LogP contribution in [0.4, 0.5) is 0 Å². The summed E-state index contributed by atoms with van der Waals surface area (Å²) < 4.78 is 59.5. The Kier molecular flexibility index (Phi) is 4.75. The van der Waals surface area contributed by atoms with Gasteiger partial charge in [0.05, 0.1) is 11.1 Å². The topological polar surface area (TPSA) is 51.8 Å². The third-order valence-electron chi connectivity index (χ3n) is 4.65. The van der Waals surface area contributed by atoms with Crippen LogP contribution < -0.4 is 0 Å². The minimum atomic E-state index is -2.37. The second kappa shape index (κ2) is 10.3. The summed E-state index contributed by atoms with van der Waals surface area (Å²) in [4.78, 5) is 12.2. The standard InChI is InChI=1S/C17H11N2O.C11H8N.Ir/c1-11-8-9-13-12-5-4-6-14(15-7-2-3-10-18-15)16(12)20-17(13)19-11;1-2-6-10(7-3-1)11-8-4-5-9-12-11;/h2-5,7-10H,1H3;1-6,8-9H;/q2*-1;/i1D3,2D,3D,7D,10D;;. The van der Waals surface area contributed by atoms with Crippen molar-refractivity contribution in [3.05, 3.63) is 115 Å². The third kappa shape index (κ3) is 4.90. The first-order valence-corrected chi connectivity index (χ1v) is 9.72. The normalized spacial score (nSPS) is 13.8. The second-order valence-corrected chi connectivity index (χ2v) is 6.69. The fraction of sp³-hybridized carbons (Fsp3) is 0.0357. The fourth-order valence-electron chi connectivity index (χ4n) is 3.22. The Morgan fingerprint density at radius 3 is 2.64 bits per heavy atom. The van der Waals surface area contributed by atoms with Crippen molar-refractivity contribution in [2.45, 2.75) is 6.85 Å². The molecule has 0 atom stereocenters. The maximum absolute atomic E-state index is 8.09. The van der Waals surface area contributed by atoms with Crippen LogP contribution in [0.2, 0.25) is 0 Å². The van der Waals surface area contributed by atoms with Crippen LogP contribution >= 0.6 is 0 Å². The Balaban J connectivity index is 0.000000238. The van der Waals surface area contributed by atoms with Crippen LogP contribution in [0, 0.1) is 19.0 Å². The molecule has 0 unspecified atom stereocenters. The van der Waals surface area contributed by atoms with Crippen molar-refractivity contribution < 1.29 is 34.1 Å². The molecule has 6 aromatic rings. The van der Waals surface area contributed by atoms with Crippen LogP contribution in [0.5, 0.6) is 0 Å². The Bertz CT molecular complexity index is 1760. The van der Waals surface area contributed by atoms with E-state index in [2.05, 4.69) is 27.1 Å². The van der Waals surface area contributed by atoms with Crippen molar-refractivity contribution in [3.8, 4) is 22.5 Å². The van der Waals surface area contributed by atoms with Crippen LogP contribution in [0.25, 0.3) is 44.6 Å². The predicted molar refractivity (Wildman–Crippen MR) is 127 cm³/mol. The van der Waals surface area contributed by atoms with E-state index in [1.165, 1.54) is 6.07 Å². The van der Waals surface area contributed by atoms with Crippen molar-refractivity contribution in [1.82, 2.24) is 15.0 Å². The summed E-state index contributed by atoms with van der Waals surface area (Å²) >= 11 is 0. The molecule has 2 aromatic carbocycles. The summed E-state index contributed by atoms with van der Waals surface area (Å²) in [5.74, 6) is 0. The summed E-state index contributed by atoms with van der Waals surface area (Å²) in [5.41, 5.74) is 2.57. The number of hydrogen-bond acceptors (Lipinski definition) is 4. The van der Waals surface area contributed by atoms with E-state index in [-0.39, 0.29) is 54.4 Å². The Morgan fingerprint density at radius 2 is 1.82 bits per heavy atom. The molecule has 0 spiro atoms. The van der Waals surface area contributed by atoms with Crippen LogP contribution in [0.15, 0.2) is 102 Å². The minimum Gasteiger partial charge on any atom is -0.486 e. The van der Waals surface area contributed by atoms with Crippen LogP contribution in [0.3, 0.4) is 0 Å². The number of hydrogen-bond donors (Lipinski definition) is 0. The zero-order valence-corrected chi connectivity index (χ0v) is 19.4. The average molecular weight is 613 g/mol. The number of aryl methyl sites for hydroxylation is 1. The van der Waals surface area contributed by atoms with Gasteiger partial charge in [0.25, 0.3) is 0 Å². The van der Waals surface area contributed by atoms with Gasteiger partial charge in [-0.1, -0.05) is 35.2 Å². The Hall–Kier alpha value is -3.66. The van der Waals surface area contributed by atoms with Crippen molar-refractivity contribution in [2.24, 2.45) is 0 Å². The maximum atomic E-state index is 8.09. The molecular weight excluding hydrogens is 587 g/mol. The summed E-state index contributed by atoms with van der Waals surface area (Å²) in [7, 11) is 0. The fourth-order valence-corrected chi connectivity index (χ4v) is 3.22. The molecule has 163 valence electrons. The summed E-state index contributed by atoms with van der Waals surface area (Å²) in [5, 5.41) is 1.21. The van der Waals surface area contributed by atoms with Gasteiger partial charge in [-0.2, -0.15) is 0 Å². The molecule has 0 aliphatic carbocycles. The van der Waals surface area contributed by atoms with E-state index in [9.17, 15) is 0 Å². The van der Waals surface area contributed by atoms with Crippen molar-refractivity contribution in [2.75, 3.05) is 0 Å². The van der Waals surface area contributed by atoms with E-state index in [1.54, 1.807) is 24.4 Å².